The summed E-state index contributed by atoms with van der Waals surface area (Å²) in [6.45, 7) is 6.05. The van der Waals surface area contributed by atoms with Crippen LogP contribution in [0.3, 0.4) is 0 Å². The van der Waals surface area contributed by atoms with Gasteiger partial charge in [0.15, 0.2) is 0 Å². The highest BCUT2D eigenvalue weighted by atomic mass is 35.5. The second-order valence-electron chi connectivity index (χ2n) is 4.94. The Bertz CT molecular complexity index is 506. The Morgan fingerprint density at radius 2 is 2.16 bits per heavy atom. The fourth-order valence-electron chi connectivity index (χ4n) is 1.45. The minimum atomic E-state index is -0.231. The second kappa shape index (κ2) is 6.44. The van der Waals surface area contributed by atoms with E-state index in [-0.39, 0.29) is 18.0 Å². The molecule has 19 heavy (non-hydrogen) atoms. The average Bonchev–Trinajstić information content (AvgIpc) is 2.36. The Morgan fingerprint density at radius 1 is 1.47 bits per heavy atom. The maximum Gasteiger partial charge on any atom is 0.239 e. The van der Waals surface area contributed by atoms with Crippen molar-refractivity contribution in [3.8, 4) is 6.07 Å². The summed E-state index contributed by atoms with van der Waals surface area (Å²) in [6.07, 6.45) is 0.847. The third-order valence-corrected chi connectivity index (χ3v) is 3.14. The molecule has 4 nitrogen and oxygen atoms in total. The summed E-state index contributed by atoms with van der Waals surface area (Å²) in [4.78, 5) is 11.8. The zero-order valence-corrected chi connectivity index (χ0v) is 12.1. The van der Waals surface area contributed by atoms with Gasteiger partial charge in [0.1, 0.15) is 6.07 Å². The van der Waals surface area contributed by atoms with Gasteiger partial charge >= 0.3 is 0 Å². The van der Waals surface area contributed by atoms with Crippen LogP contribution < -0.4 is 10.6 Å². The lowest BCUT2D eigenvalue weighted by atomic mass is 10.0. The van der Waals surface area contributed by atoms with Crippen LogP contribution in [0.2, 0.25) is 5.02 Å². The number of halogens is 1. The Balaban J connectivity index is 2.65. The molecule has 0 saturated carbocycles. The molecule has 0 saturated heterocycles. The van der Waals surface area contributed by atoms with Gasteiger partial charge in [-0.05, 0) is 38.5 Å². The zero-order chi connectivity index (χ0) is 14.5. The molecular weight excluding hydrogens is 262 g/mol. The van der Waals surface area contributed by atoms with Crippen molar-refractivity contribution in [1.82, 2.24) is 5.32 Å². The third-order valence-electron chi connectivity index (χ3n) is 2.90. The summed E-state index contributed by atoms with van der Waals surface area (Å²) in [5.74, 6) is -0.115. The van der Waals surface area contributed by atoms with Crippen molar-refractivity contribution in [2.45, 2.75) is 32.7 Å². The van der Waals surface area contributed by atoms with Crippen LogP contribution in [0.1, 0.15) is 32.8 Å². The van der Waals surface area contributed by atoms with Crippen molar-refractivity contribution in [2.75, 3.05) is 11.9 Å². The van der Waals surface area contributed by atoms with E-state index in [4.69, 9.17) is 16.9 Å². The van der Waals surface area contributed by atoms with Gasteiger partial charge in [0.25, 0.3) is 0 Å². The Kier molecular flexibility index (Phi) is 5.20. The Hall–Kier alpha value is -1.73. The number of nitrogens with one attached hydrogen (secondary N) is 2. The van der Waals surface area contributed by atoms with Crippen LogP contribution in [-0.4, -0.2) is 18.0 Å². The highest BCUT2D eigenvalue weighted by Gasteiger charge is 2.17. The maximum atomic E-state index is 11.8. The van der Waals surface area contributed by atoms with Crippen LogP contribution >= 0.6 is 11.6 Å². The minimum absolute atomic E-state index is 0.110. The van der Waals surface area contributed by atoms with E-state index in [0.29, 0.717) is 16.3 Å². The van der Waals surface area contributed by atoms with Gasteiger partial charge < -0.3 is 10.6 Å². The van der Waals surface area contributed by atoms with Crippen LogP contribution in [0.5, 0.6) is 0 Å². The highest BCUT2D eigenvalue weighted by Crippen LogP contribution is 2.20. The van der Waals surface area contributed by atoms with E-state index in [1.54, 1.807) is 18.2 Å². The highest BCUT2D eigenvalue weighted by molar-refractivity contribution is 6.30. The van der Waals surface area contributed by atoms with E-state index in [0.717, 1.165) is 6.42 Å². The van der Waals surface area contributed by atoms with Crippen LogP contribution in [0, 0.1) is 11.3 Å². The SMILES string of the molecule is CCC(C)(C)NC(=O)CNc1cc(Cl)ccc1C#N. The van der Waals surface area contributed by atoms with Gasteiger partial charge in [-0.25, -0.2) is 0 Å². The molecule has 1 aromatic rings. The van der Waals surface area contributed by atoms with Crippen molar-refractivity contribution in [3.05, 3.63) is 28.8 Å². The van der Waals surface area contributed by atoms with Crippen LogP contribution in [0.25, 0.3) is 0 Å². The van der Waals surface area contributed by atoms with E-state index in [9.17, 15) is 4.79 Å². The molecule has 0 aliphatic carbocycles. The number of rotatable bonds is 5. The molecule has 1 aromatic carbocycles. The maximum absolute atomic E-state index is 11.8. The van der Waals surface area contributed by atoms with Gasteiger partial charge in [-0.2, -0.15) is 5.26 Å². The number of nitrogens with zero attached hydrogens (tertiary/aromatic N) is 1. The molecular formula is C14H18ClN3O. The summed E-state index contributed by atoms with van der Waals surface area (Å²) in [6, 6.07) is 6.96. The molecule has 2 N–H and O–H groups in total. The standard InChI is InChI=1S/C14H18ClN3O/c1-4-14(2,3)18-13(19)9-17-12-7-11(15)6-5-10(12)8-16/h5-7,17H,4,9H2,1-3H3,(H,18,19). The summed E-state index contributed by atoms with van der Waals surface area (Å²) < 4.78 is 0. The van der Waals surface area contributed by atoms with Gasteiger partial charge in [0.05, 0.1) is 17.8 Å². The van der Waals surface area contributed by atoms with Crippen molar-refractivity contribution >= 4 is 23.2 Å². The van der Waals surface area contributed by atoms with E-state index in [1.165, 1.54) is 0 Å². The quantitative estimate of drug-likeness (QED) is 0.871. The van der Waals surface area contributed by atoms with Gasteiger partial charge in [-0.1, -0.05) is 18.5 Å². The number of nitriles is 1. The van der Waals surface area contributed by atoms with Crippen LogP contribution in [0.15, 0.2) is 18.2 Å². The molecule has 1 rings (SSSR count). The summed E-state index contributed by atoms with van der Waals surface area (Å²) in [7, 11) is 0. The molecule has 0 spiro atoms. The lowest BCUT2D eigenvalue weighted by Crippen LogP contribution is -2.45. The number of hydrogen-bond donors (Lipinski definition) is 2. The third kappa shape index (κ3) is 4.80. The molecule has 1 amide bonds. The fourth-order valence-corrected chi connectivity index (χ4v) is 1.62. The second-order valence-corrected chi connectivity index (χ2v) is 5.38. The number of amides is 1. The largest absolute Gasteiger partial charge is 0.375 e. The zero-order valence-electron chi connectivity index (χ0n) is 11.4. The summed E-state index contributed by atoms with van der Waals surface area (Å²) in [5, 5.41) is 15.3. The van der Waals surface area contributed by atoms with Crippen molar-refractivity contribution in [3.63, 3.8) is 0 Å². The van der Waals surface area contributed by atoms with Gasteiger partial charge in [-0.3, -0.25) is 4.79 Å². The molecule has 102 valence electrons. The minimum Gasteiger partial charge on any atom is -0.375 e. The van der Waals surface area contributed by atoms with Crippen molar-refractivity contribution < 1.29 is 4.79 Å². The van der Waals surface area contributed by atoms with Crippen molar-refractivity contribution in [1.29, 1.82) is 5.26 Å². The van der Waals surface area contributed by atoms with Gasteiger partial charge in [-0.15, -0.1) is 0 Å². The number of benzene rings is 1. The fraction of sp³-hybridized carbons (Fsp3) is 0.429. The molecule has 0 bridgehead atoms. The van der Waals surface area contributed by atoms with Gasteiger partial charge in [0.2, 0.25) is 5.91 Å². The first kappa shape index (κ1) is 15.3. The Morgan fingerprint density at radius 3 is 2.74 bits per heavy atom. The smallest absolute Gasteiger partial charge is 0.239 e. The van der Waals surface area contributed by atoms with E-state index in [2.05, 4.69) is 16.7 Å². The summed E-state index contributed by atoms with van der Waals surface area (Å²) in [5.41, 5.74) is 0.803. The molecule has 0 aromatic heterocycles. The summed E-state index contributed by atoms with van der Waals surface area (Å²) >= 11 is 5.87. The molecule has 0 aliphatic rings. The molecule has 0 radical (unpaired) electrons. The molecule has 0 fully saturated rings. The predicted octanol–water partition coefficient (Wildman–Crippen LogP) is 2.93. The topological polar surface area (TPSA) is 64.9 Å². The lowest BCUT2D eigenvalue weighted by molar-refractivity contribution is -0.121. The Labute approximate surface area is 118 Å². The molecule has 0 heterocycles. The molecule has 0 atom stereocenters. The van der Waals surface area contributed by atoms with Gasteiger partial charge in [0, 0.05) is 10.6 Å². The lowest BCUT2D eigenvalue weighted by Gasteiger charge is -2.24. The number of carbonyl (C=O) groups excluding carboxylic acids is 1. The van der Waals surface area contributed by atoms with E-state index < -0.39 is 0 Å². The normalized spacial score (nSPS) is 10.7. The van der Waals surface area contributed by atoms with Crippen LogP contribution in [0.4, 0.5) is 5.69 Å². The van der Waals surface area contributed by atoms with E-state index >= 15 is 0 Å². The molecule has 0 aliphatic heterocycles. The van der Waals surface area contributed by atoms with Crippen LogP contribution in [-0.2, 0) is 4.79 Å². The predicted molar refractivity (Wildman–Crippen MR) is 77.2 cm³/mol. The first-order valence-electron chi connectivity index (χ1n) is 6.12. The number of anilines is 1. The molecule has 5 heteroatoms. The monoisotopic (exact) mass is 279 g/mol. The number of hydrogen-bond acceptors (Lipinski definition) is 3. The van der Waals surface area contributed by atoms with Crippen molar-refractivity contribution in [2.24, 2.45) is 0 Å². The first-order valence-corrected chi connectivity index (χ1v) is 6.50. The van der Waals surface area contributed by atoms with E-state index in [1.807, 2.05) is 20.8 Å². The molecule has 0 unspecified atom stereocenters. The first-order chi connectivity index (χ1) is 8.88. The number of carbonyl (C=O) groups is 1. The average molecular weight is 280 g/mol.